The fourth-order valence-corrected chi connectivity index (χ4v) is 4.75. The van der Waals surface area contributed by atoms with Gasteiger partial charge in [0, 0.05) is 18.2 Å². The Bertz CT molecular complexity index is 1240. The molecule has 1 fully saturated rings. The molecular weight excluding hydrogens is 481 g/mol. The van der Waals surface area contributed by atoms with Crippen LogP contribution in [0.1, 0.15) is 25.1 Å². The van der Waals surface area contributed by atoms with Gasteiger partial charge in [-0.1, -0.05) is 24.1 Å². The normalized spacial score (nSPS) is 22.1. The van der Waals surface area contributed by atoms with Crippen molar-refractivity contribution in [1.29, 1.82) is 0 Å². The standard InChI is InChI=1S/C22H26N3O9P/c1-4-10-31-21(28)15(3)24-35(30,34-16-8-6-5-7-9-16)32-13-18-17(26)11-19(33-18)25-12-14(2)20(27)23-22(25)29/h1,5-9,12,15,17-19,26H,10-11,13H2,2-3H3,(H,24,30)(H,23,27,29)/t15-,17+,18-,19-,35?/m0/s1. The number of H-pyrrole nitrogens is 1. The molecule has 1 unspecified atom stereocenters. The minimum absolute atomic E-state index is 0.0194. The van der Waals surface area contributed by atoms with E-state index in [9.17, 15) is 24.1 Å². The summed E-state index contributed by atoms with van der Waals surface area (Å²) in [6.07, 6.45) is 3.48. The number of aliphatic hydroxyl groups is 1. The van der Waals surface area contributed by atoms with Crippen LogP contribution in [0.15, 0.2) is 46.1 Å². The maximum atomic E-state index is 13.5. The van der Waals surface area contributed by atoms with Crippen LogP contribution in [0.2, 0.25) is 0 Å². The van der Waals surface area contributed by atoms with Gasteiger partial charge in [-0.15, -0.1) is 6.42 Å². The molecule has 1 aromatic heterocycles. The molecule has 0 saturated carbocycles. The number of esters is 1. The van der Waals surface area contributed by atoms with Gasteiger partial charge in [0.05, 0.1) is 12.7 Å². The molecule has 1 aliphatic rings. The Labute approximate surface area is 200 Å². The van der Waals surface area contributed by atoms with Crippen molar-refractivity contribution in [2.45, 2.75) is 44.7 Å². The fourth-order valence-electron chi connectivity index (χ4n) is 3.25. The zero-order valence-electron chi connectivity index (χ0n) is 19.1. The van der Waals surface area contributed by atoms with Crippen LogP contribution in [0.25, 0.3) is 0 Å². The van der Waals surface area contributed by atoms with Gasteiger partial charge in [-0.3, -0.25) is 23.7 Å². The molecule has 1 aliphatic heterocycles. The quantitative estimate of drug-likeness (QED) is 0.239. The van der Waals surface area contributed by atoms with Gasteiger partial charge in [0.25, 0.3) is 5.56 Å². The average Bonchev–Trinajstić information content (AvgIpc) is 3.19. The van der Waals surface area contributed by atoms with Crippen molar-refractivity contribution in [3.63, 3.8) is 0 Å². The van der Waals surface area contributed by atoms with Crippen molar-refractivity contribution >= 4 is 13.7 Å². The Kier molecular flexibility index (Phi) is 8.67. The molecule has 12 nitrogen and oxygen atoms in total. The third kappa shape index (κ3) is 6.91. The molecule has 3 N–H and O–H groups in total. The molecule has 2 heterocycles. The van der Waals surface area contributed by atoms with E-state index in [2.05, 4.69) is 16.0 Å². The third-order valence-corrected chi connectivity index (χ3v) is 6.68. The highest BCUT2D eigenvalue weighted by Gasteiger charge is 2.39. The number of nitrogens with zero attached hydrogens (tertiary/aromatic N) is 1. The van der Waals surface area contributed by atoms with Crippen LogP contribution in [0.4, 0.5) is 0 Å². The zero-order chi connectivity index (χ0) is 25.6. The smallest absolute Gasteiger partial charge is 0.451 e. The SMILES string of the molecule is C#CCOC(=O)[C@H](C)NP(=O)(OC[C@@H]1O[C@H](n2cc(C)c(=O)[nH]c2=O)C[C@H]1O)Oc1ccccc1. The summed E-state index contributed by atoms with van der Waals surface area (Å²) in [6, 6.07) is 7.02. The van der Waals surface area contributed by atoms with E-state index < -0.39 is 56.0 Å². The first-order valence-electron chi connectivity index (χ1n) is 10.6. The average molecular weight is 507 g/mol. The van der Waals surface area contributed by atoms with E-state index >= 15 is 0 Å². The number of aromatic amines is 1. The maximum Gasteiger partial charge on any atom is 0.459 e. The Morgan fingerprint density at radius 2 is 2.11 bits per heavy atom. The van der Waals surface area contributed by atoms with Crippen molar-refractivity contribution in [2.75, 3.05) is 13.2 Å². The molecule has 13 heteroatoms. The topological polar surface area (TPSA) is 158 Å². The third-order valence-electron chi connectivity index (χ3n) is 5.04. The van der Waals surface area contributed by atoms with Crippen LogP contribution in [0.3, 0.4) is 0 Å². The number of hydrogen-bond donors (Lipinski definition) is 3. The van der Waals surface area contributed by atoms with E-state index in [1.807, 2.05) is 0 Å². The zero-order valence-corrected chi connectivity index (χ0v) is 20.0. The van der Waals surface area contributed by atoms with Crippen LogP contribution in [0, 0.1) is 19.3 Å². The number of aryl methyl sites for hydroxylation is 1. The van der Waals surface area contributed by atoms with Crippen LogP contribution < -0.4 is 20.9 Å². The summed E-state index contributed by atoms with van der Waals surface area (Å²) in [7, 11) is -4.19. The molecule has 2 aromatic rings. The van der Waals surface area contributed by atoms with Crippen LogP contribution >= 0.6 is 7.75 Å². The number of carbonyl (C=O) groups is 1. The largest absolute Gasteiger partial charge is 0.459 e. The molecular formula is C22H26N3O9P. The lowest BCUT2D eigenvalue weighted by atomic mass is 10.2. The molecule has 188 valence electrons. The number of para-hydroxylation sites is 1. The van der Waals surface area contributed by atoms with E-state index in [4.69, 9.17) is 24.9 Å². The number of hydrogen-bond acceptors (Lipinski definition) is 9. The number of carbonyl (C=O) groups excluding carboxylic acids is 1. The summed E-state index contributed by atoms with van der Waals surface area (Å²) >= 11 is 0. The molecule has 1 saturated heterocycles. The first-order chi connectivity index (χ1) is 16.6. The summed E-state index contributed by atoms with van der Waals surface area (Å²) < 4.78 is 36.3. The van der Waals surface area contributed by atoms with E-state index in [0.29, 0.717) is 0 Å². The highest BCUT2D eigenvalue weighted by Crippen LogP contribution is 2.45. The van der Waals surface area contributed by atoms with Crippen molar-refractivity contribution < 1.29 is 33.0 Å². The van der Waals surface area contributed by atoms with Gasteiger partial charge in [0.2, 0.25) is 0 Å². The summed E-state index contributed by atoms with van der Waals surface area (Å²) in [5.74, 6) is 1.59. The highest BCUT2D eigenvalue weighted by molar-refractivity contribution is 7.52. The van der Waals surface area contributed by atoms with Crippen molar-refractivity contribution in [3.8, 4) is 18.1 Å². The van der Waals surface area contributed by atoms with Crippen LogP contribution in [-0.2, 0) is 23.4 Å². The van der Waals surface area contributed by atoms with E-state index in [-0.39, 0.29) is 24.3 Å². The van der Waals surface area contributed by atoms with Crippen molar-refractivity contribution in [1.82, 2.24) is 14.6 Å². The minimum Gasteiger partial charge on any atom is -0.451 e. The molecule has 0 radical (unpaired) electrons. The molecule has 0 spiro atoms. The number of rotatable bonds is 10. The molecule has 0 bridgehead atoms. The van der Waals surface area contributed by atoms with Gasteiger partial charge in [-0.05, 0) is 26.0 Å². The molecule has 0 amide bonds. The molecule has 3 rings (SSSR count). The second kappa shape index (κ2) is 11.5. The number of terminal acetylenes is 1. The maximum absolute atomic E-state index is 13.5. The Morgan fingerprint density at radius 3 is 2.80 bits per heavy atom. The predicted molar refractivity (Wildman–Crippen MR) is 124 cm³/mol. The van der Waals surface area contributed by atoms with Gasteiger partial charge in [0.15, 0.2) is 6.61 Å². The van der Waals surface area contributed by atoms with Gasteiger partial charge in [-0.25, -0.2) is 9.36 Å². The lowest BCUT2D eigenvalue weighted by molar-refractivity contribution is -0.143. The molecule has 0 aliphatic carbocycles. The van der Waals surface area contributed by atoms with E-state index in [1.54, 1.807) is 30.3 Å². The van der Waals surface area contributed by atoms with Crippen LogP contribution in [-0.4, -0.2) is 52.1 Å². The Morgan fingerprint density at radius 1 is 1.40 bits per heavy atom. The minimum atomic E-state index is -4.19. The number of benzene rings is 1. The van der Waals surface area contributed by atoms with Gasteiger partial charge in [-0.2, -0.15) is 5.09 Å². The van der Waals surface area contributed by atoms with Gasteiger partial charge < -0.3 is 19.1 Å². The molecule has 35 heavy (non-hydrogen) atoms. The molecule has 1 aromatic carbocycles. The summed E-state index contributed by atoms with van der Waals surface area (Å²) in [4.78, 5) is 38.0. The summed E-state index contributed by atoms with van der Waals surface area (Å²) in [6.45, 7) is 2.26. The predicted octanol–water partition coefficient (Wildman–Crippen LogP) is 0.852. The second-order valence-corrected chi connectivity index (χ2v) is 9.46. The van der Waals surface area contributed by atoms with Crippen molar-refractivity contribution in [2.24, 2.45) is 0 Å². The summed E-state index contributed by atoms with van der Waals surface area (Å²) in [5.41, 5.74) is -0.930. The Balaban J connectivity index is 1.73. The first kappa shape index (κ1) is 26.4. The van der Waals surface area contributed by atoms with Crippen molar-refractivity contribution in [3.05, 3.63) is 62.9 Å². The summed E-state index contributed by atoms with van der Waals surface area (Å²) in [5, 5.41) is 12.9. The number of ether oxygens (including phenoxy) is 2. The molecule has 5 atom stereocenters. The van der Waals surface area contributed by atoms with Gasteiger partial charge in [0.1, 0.15) is 24.1 Å². The number of aliphatic hydroxyl groups excluding tert-OH is 1. The van der Waals surface area contributed by atoms with Gasteiger partial charge >= 0.3 is 19.4 Å². The Hall–Kier alpha value is -3.20. The lowest BCUT2D eigenvalue weighted by Crippen LogP contribution is -2.36. The van der Waals surface area contributed by atoms with E-state index in [1.165, 1.54) is 20.0 Å². The first-order valence-corrected chi connectivity index (χ1v) is 12.2. The van der Waals surface area contributed by atoms with E-state index in [0.717, 1.165) is 4.57 Å². The lowest BCUT2D eigenvalue weighted by Gasteiger charge is -2.24. The number of nitrogens with one attached hydrogen (secondary N) is 2. The fraction of sp³-hybridized carbons (Fsp3) is 0.409. The highest BCUT2D eigenvalue weighted by atomic mass is 31.2. The second-order valence-electron chi connectivity index (χ2n) is 7.77. The number of aromatic nitrogens is 2. The monoisotopic (exact) mass is 507 g/mol. The van der Waals surface area contributed by atoms with Crippen LogP contribution in [0.5, 0.6) is 5.75 Å².